The Hall–Kier alpha value is -2.22. The van der Waals surface area contributed by atoms with Crippen molar-refractivity contribution < 1.29 is 4.79 Å². The lowest BCUT2D eigenvalue weighted by molar-refractivity contribution is -0.118. The fraction of sp³-hybridized carbons (Fsp3) is 0.176. The summed E-state index contributed by atoms with van der Waals surface area (Å²) in [5, 5.41) is 0. The lowest BCUT2D eigenvalue weighted by atomic mass is 9.92. The van der Waals surface area contributed by atoms with E-state index in [-0.39, 0.29) is 11.7 Å². The van der Waals surface area contributed by atoms with Gasteiger partial charge in [-0.05, 0) is 11.1 Å². The van der Waals surface area contributed by atoms with Gasteiger partial charge in [0.2, 0.25) is 0 Å². The van der Waals surface area contributed by atoms with Crippen LogP contribution >= 0.6 is 0 Å². The van der Waals surface area contributed by atoms with E-state index in [1.165, 1.54) is 0 Å². The van der Waals surface area contributed by atoms with Gasteiger partial charge in [0.25, 0.3) is 0 Å². The minimum atomic E-state index is -0.258. The van der Waals surface area contributed by atoms with Gasteiger partial charge in [-0.15, -0.1) is 0 Å². The van der Waals surface area contributed by atoms with Crippen LogP contribution in [0.25, 0.3) is 0 Å². The number of hydrogen-bond acceptors (Lipinski definition) is 2. The van der Waals surface area contributed by atoms with Crippen molar-refractivity contribution in [2.45, 2.75) is 12.3 Å². The first kappa shape index (κ1) is 13.2. The van der Waals surface area contributed by atoms with Crippen molar-refractivity contribution in [1.82, 2.24) is 0 Å². The van der Waals surface area contributed by atoms with Crippen LogP contribution in [0, 0.1) is 0 Å². The average molecular weight is 251 g/mol. The van der Waals surface area contributed by atoms with Crippen molar-refractivity contribution in [2.24, 2.45) is 4.99 Å². The van der Waals surface area contributed by atoms with Crippen molar-refractivity contribution >= 4 is 12.0 Å². The molecule has 0 heterocycles. The van der Waals surface area contributed by atoms with Gasteiger partial charge in [0.1, 0.15) is 5.78 Å². The van der Waals surface area contributed by atoms with Crippen LogP contribution in [0.15, 0.2) is 65.7 Å². The zero-order chi connectivity index (χ0) is 13.5. The first-order valence-corrected chi connectivity index (χ1v) is 6.35. The maximum Gasteiger partial charge on any atom is 0.150 e. The van der Waals surface area contributed by atoms with Crippen molar-refractivity contribution in [3.8, 4) is 0 Å². The molecule has 96 valence electrons. The molecule has 0 aliphatic heterocycles. The first-order chi connectivity index (χ1) is 9.31. The molecule has 2 heteroatoms. The van der Waals surface area contributed by atoms with E-state index in [0.717, 1.165) is 11.1 Å². The molecular weight excluding hydrogens is 234 g/mol. The minimum Gasteiger partial charge on any atom is -0.300 e. The zero-order valence-electron chi connectivity index (χ0n) is 11.0. The molecule has 2 nitrogen and oxygen atoms in total. The molecule has 0 saturated carbocycles. The van der Waals surface area contributed by atoms with E-state index in [1.807, 2.05) is 60.7 Å². The van der Waals surface area contributed by atoms with Crippen LogP contribution in [0.4, 0.5) is 0 Å². The highest BCUT2D eigenvalue weighted by Crippen LogP contribution is 2.17. The summed E-state index contributed by atoms with van der Waals surface area (Å²) >= 11 is 0. The second kappa shape index (κ2) is 6.64. The number of rotatable bonds is 5. The molecule has 2 aromatic rings. The van der Waals surface area contributed by atoms with Gasteiger partial charge < -0.3 is 0 Å². The van der Waals surface area contributed by atoms with E-state index < -0.39 is 0 Å². The van der Waals surface area contributed by atoms with E-state index in [0.29, 0.717) is 6.42 Å². The summed E-state index contributed by atoms with van der Waals surface area (Å²) in [6, 6.07) is 19.6. The minimum absolute atomic E-state index is 0.169. The van der Waals surface area contributed by atoms with Crippen LogP contribution in [0.5, 0.6) is 0 Å². The Balaban J connectivity index is 2.18. The molecular formula is C17H17NO. The summed E-state index contributed by atoms with van der Waals surface area (Å²) < 4.78 is 0. The summed E-state index contributed by atoms with van der Waals surface area (Å²) in [7, 11) is 1.70. The average Bonchev–Trinajstić information content (AvgIpc) is 2.46. The molecule has 19 heavy (non-hydrogen) atoms. The molecule has 0 radical (unpaired) electrons. The smallest absolute Gasteiger partial charge is 0.150 e. The lowest BCUT2D eigenvalue weighted by Crippen LogP contribution is -2.16. The molecule has 0 aliphatic rings. The van der Waals surface area contributed by atoms with E-state index in [1.54, 1.807) is 13.3 Å². The Morgan fingerprint density at radius 1 is 1.05 bits per heavy atom. The molecule has 1 atom stereocenters. The van der Waals surface area contributed by atoms with Crippen molar-refractivity contribution in [1.29, 1.82) is 0 Å². The quantitative estimate of drug-likeness (QED) is 0.750. The normalized spacial score (nSPS) is 12.5. The van der Waals surface area contributed by atoms with Crippen molar-refractivity contribution in [2.75, 3.05) is 7.05 Å². The van der Waals surface area contributed by atoms with Crippen LogP contribution in [0.3, 0.4) is 0 Å². The first-order valence-electron chi connectivity index (χ1n) is 6.35. The molecule has 0 aromatic heterocycles. The predicted molar refractivity (Wildman–Crippen MR) is 78.8 cm³/mol. The highest BCUT2D eigenvalue weighted by molar-refractivity contribution is 6.01. The van der Waals surface area contributed by atoms with Gasteiger partial charge in [-0.25, -0.2) is 0 Å². The topological polar surface area (TPSA) is 29.4 Å². The molecule has 1 unspecified atom stereocenters. The Kier molecular flexibility index (Phi) is 4.62. The summed E-state index contributed by atoms with van der Waals surface area (Å²) in [4.78, 5) is 16.4. The molecule has 0 N–H and O–H groups in total. The van der Waals surface area contributed by atoms with Gasteiger partial charge in [-0.3, -0.25) is 9.79 Å². The molecule has 2 aromatic carbocycles. The second-order valence-electron chi connectivity index (χ2n) is 4.42. The van der Waals surface area contributed by atoms with Gasteiger partial charge >= 0.3 is 0 Å². The monoisotopic (exact) mass is 251 g/mol. The second-order valence-corrected chi connectivity index (χ2v) is 4.42. The van der Waals surface area contributed by atoms with Crippen LogP contribution < -0.4 is 0 Å². The van der Waals surface area contributed by atoms with Crippen LogP contribution in [-0.2, 0) is 11.2 Å². The molecule has 0 amide bonds. The van der Waals surface area contributed by atoms with E-state index >= 15 is 0 Å². The van der Waals surface area contributed by atoms with Crippen LogP contribution in [0.1, 0.15) is 17.0 Å². The molecule has 0 bridgehead atoms. The van der Waals surface area contributed by atoms with E-state index in [9.17, 15) is 4.79 Å². The van der Waals surface area contributed by atoms with Gasteiger partial charge in [0.05, 0.1) is 5.92 Å². The SMILES string of the molecule is CN=CC(C(=O)Cc1ccccc1)c1ccccc1. The molecule has 0 spiro atoms. The highest BCUT2D eigenvalue weighted by atomic mass is 16.1. The molecule has 0 saturated heterocycles. The molecule has 0 aliphatic carbocycles. The number of carbonyl (C=O) groups is 1. The third kappa shape index (κ3) is 3.62. The predicted octanol–water partition coefficient (Wildman–Crippen LogP) is 3.28. The fourth-order valence-corrected chi connectivity index (χ4v) is 2.07. The summed E-state index contributed by atoms with van der Waals surface area (Å²) in [5.41, 5.74) is 2.03. The number of benzene rings is 2. The maximum absolute atomic E-state index is 12.4. The summed E-state index contributed by atoms with van der Waals surface area (Å²) in [6.45, 7) is 0. The Labute approximate surface area is 113 Å². The van der Waals surface area contributed by atoms with Gasteiger partial charge in [-0.2, -0.15) is 0 Å². The van der Waals surface area contributed by atoms with Crippen molar-refractivity contribution in [3.63, 3.8) is 0 Å². The van der Waals surface area contributed by atoms with Gasteiger partial charge in [-0.1, -0.05) is 60.7 Å². The number of Topliss-reactive ketones (excluding diaryl/α,β-unsaturated/α-hetero) is 1. The Morgan fingerprint density at radius 3 is 2.21 bits per heavy atom. The van der Waals surface area contributed by atoms with Gasteiger partial charge in [0.15, 0.2) is 0 Å². The number of aliphatic imine (C=N–C) groups is 1. The lowest BCUT2D eigenvalue weighted by Gasteiger charge is -2.11. The fourth-order valence-electron chi connectivity index (χ4n) is 2.07. The van der Waals surface area contributed by atoms with Crippen LogP contribution in [-0.4, -0.2) is 19.0 Å². The maximum atomic E-state index is 12.4. The van der Waals surface area contributed by atoms with Crippen molar-refractivity contribution in [3.05, 3.63) is 71.8 Å². The number of carbonyl (C=O) groups excluding carboxylic acids is 1. The number of ketones is 1. The molecule has 0 fully saturated rings. The third-order valence-electron chi connectivity index (χ3n) is 3.02. The highest BCUT2D eigenvalue weighted by Gasteiger charge is 2.18. The zero-order valence-corrected chi connectivity index (χ0v) is 11.0. The number of nitrogens with zero attached hydrogens (tertiary/aromatic N) is 1. The van der Waals surface area contributed by atoms with Crippen LogP contribution in [0.2, 0.25) is 0 Å². The van der Waals surface area contributed by atoms with E-state index in [4.69, 9.17) is 0 Å². The number of hydrogen-bond donors (Lipinski definition) is 0. The van der Waals surface area contributed by atoms with Gasteiger partial charge in [0, 0.05) is 19.7 Å². The summed E-state index contributed by atoms with van der Waals surface area (Å²) in [5.74, 6) is -0.0885. The van der Waals surface area contributed by atoms with E-state index in [2.05, 4.69) is 4.99 Å². The summed E-state index contributed by atoms with van der Waals surface area (Å²) in [6.07, 6.45) is 2.16. The molecule has 2 rings (SSSR count). The Bertz CT molecular complexity index is 546. The largest absolute Gasteiger partial charge is 0.300 e. The Morgan fingerprint density at radius 2 is 1.63 bits per heavy atom. The third-order valence-corrected chi connectivity index (χ3v) is 3.02. The standard InChI is InChI=1S/C17H17NO/c1-18-13-16(15-10-6-3-7-11-15)17(19)12-14-8-4-2-5-9-14/h2-11,13,16H,12H2,1H3.